The Balaban J connectivity index is 1.89. The van der Waals surface area contributed by atoms with Crippen LogP contribution in [0.15, 0.2) is 40.3 Å². The van der Waals surface area contributed by atoms with E-state index in [1.807, 2.05) is 19.2 Å². The second-order valence-electron chi connectivity index (χ2n) is 4.53. The number of aromatic nitrogens is 2. The number of nitrogens with zero attached hydrogens (tertiary/aromatic N) is 2. The van der Waals surface area contributed by atoms with Crippen LogP contribution < -0.4 is 5.32 Å². The molecule has 3 rings (SSSR count). The summed E-state index contributed by atoms with van der Waals surface area (Å²) in [6.07, 6.45) is 2.33. The predicted octanol–water partition coefficient (Wildman–Crippen LogP) is 3.69. The predicted molar refractivity (Wildman–Crippen MR) is 74.1 cm³/mol. The lowest BCUT2D eigenvalue weighted by Crippen LogP contribution is -2.00. The van der Waals surface area contributed by atoms with Gasteiger partial charge in [-0.25, -0.2) is 14.4 Å². The normalized spacial score (nSPS) is 14.4. The van der Waals surface area contributed by atoms with Crippen LogP contribution in [-0.2, 0) is 0 Å². The van der Waals surface area contributed by atoms with Crippen molar-refractivity contribution < 1.29 is 4.39 Å². The fourth-order valence-corrected chi connectivity index (χ4v) is 2.67. The number of halogens is 1. The molecular formula is C14H14FN3S. The van der Waals surface area contributed by atoms with Crippen molar-refractivity contribution in [1.82, 2.24) is 9.97 Å². The van der Waals surface area contributed by atoms with Gasteiger partial charge in [-0.3, -0.25) is 0 Å². The Morgan fingerprint density at radius 1 is 1.26 bits per heavy atom. The van der Waals surface area contributed by atoms with Crippen LogP contribution in [0.2, 0.25) is 0 Å². The molecule has 0 atom stereocenters. The maximum atomic E-state index is 13.2. The molecule has 5 heteroatoms. The summed E-state index contributed by atoms with van der Waals surface area (Å²) in [7, 11) is 1.84. The van der Waals surface area contributed by atoms with Crippen LogP contribution in [0.25, 0.3) is 0 Å². The van der Waals surface area contributed by atoms with Crippen LogP contribution in [-0.4, -0.2) is 17.0 Å². The summed E-state index contributed by atoms with van der Waals surface area (Å²) in [4.78, 5) is 9.87. The van der Waals surface area contributed by atoms with Crippen molar-refractivity contribution >= 4 is 17.6 Å². The smallest absolute Gasteiger partial charge is 0.135 e. The Morgan fingerprint density at radius 2 is 2.11 bits per heavy atom. The molecule has 1 aromatic heterocycles. The minimum atomic E-state index is -0.227. The van der Waals surface area contributed by atoms with Gasteiger partial charge in [-0.2, -0.15) is 0 Å². The molecule has 0 unspecified atom stereocenters. The number of hydrogen-bond donors (Lipinski definition) is 1. The quantitative estimate of drug-likeness (QED) is 0.864. The Kier molecular flexibility index (Phi) is 3.38. The SMILES string of the molecule is CNc1cc(Sc2cccc(F)c2)nc(C2CC2)n1. The summed E-state index contributed by atoms with van der Waals surface area (Å²) in [5.74, 6) is 1.98. The maximum absolute atomic E-state index is 13.2. The lowest BCUT2D eigenvalue weighted by molar-refractivity contribution is 0.624. The fraction of sp³-hybridized carbons (Fsp3) is 0.286. The van der Waals surface area contributed by atoms with Crippen molar-refractivity contribution in [2.75, 3.05) is 12.4 Å². The first kappa shape index (κ1) is 12.4. The second-order valence-corrected chi connectivity index (χ2v) is 5.63. The van der Waals surface area contributed by atoms with E-state index in [0.29, 0.717) is 5.92 Å². The van der Waals surface area contributed by atoms with Gasteiger partial charge < -0.3 is 5.32 Å². The fourth-order valence-electron chi connectivity index (χ4n) is 1.80. The maximum Gasteiger partial charge on any atom is 0.135 e. The van der Waals surface area contributed by atoms with Crippen LogP contribution in [0.3, 0.4) is 0 Å². The molecular weight excluding hydrogens is 261 g/mol. The van der Waals surface area contributed by atoms with Crippen LogP contribution >= 0.6 is 11.8 Å². The first-order chi connectivity index (χ1) is 9.24. The zero-order valence-corrected chi connectivity index (χ0v) is 11.4. The molecule has 1 fully saturated rings. The third kappa shape index (κ3) is 3.04. The monoisotopic (exact) mass is 275 g/mol. The van der Waals surface area contributed by atoms with Gasteiger partial charge in [0, 0.05) is 23.9 Å². The largest absolute Gasteiger partial charge is 0.373 e. The average molecular weight is 275 g/mol. The van der Waals surface area contributed by atoms with Gasteiger partial charge in [0.1, 0.15) is 22.5 Å². The summed E-state index contributed by atoms with van der Waals surface area (Å²) in [6, 6.07) is 8.44. The van der Waals surface area contributed by atoms with E-state index in [9.17, 15) is 4.39 Å². The summed E-state index contributed by atoms with van der Waals surface area (Å²) < 4.78 is 13.2. The van der Waals surface area contributed by atoms with Crippen molar-refractivity contribution in [1.29, 1.82) is 0 Å². The van der Waals surface area contributed by atoms with Gasteiger partial charge in [-0.1, -0.05) is 17.8 Å². The van der Waals surface area contributed by atoms with Crippen LogP contribution in [0.5, 0.6) is 0 Å². The second kappa shape index (κ2) is 5.17. The molecule has 0 spiro atoms. The van der Waals surface area contributed by atoms with Crippen LogP contribution in [0.1, 0.15) is 24.6 Å². The molecule has 19 heavy (non-hydrogen) atoms. The highest BCUT2D eigenvalue weighted by atomic mass is 32.2. The van der Waals surface area contributed by atoms with Crippen molar-refractivity contribution in [3.05, 3.63) is 42.0 Å². The summed E-state index contributed by atoms with van der Waals surface area (Å²) in [5.41, 5.74) is 0. The minimum absolute atomic E-state index is 0.227. The van der Waals surface area contributed by atoms with Crippen LogP contribution in [0, 0.1) is 5.82 Å². The first-order valence-corrected chi connectivity index (χ1v) is 7.06. The van der Waals surface area contributed by atoms with Gasteiger partial charge in [0.05, 0.1) is 0 Å². The highest BCUT2D eigenvalue weighted by Crippen LogP contribution is 2.39. The number of hydrogen-bond acceptors (Lipinski definition) is 4. The Labute approximate surface area is 115 Å². The molecule has 0 saturated heterocycles. The molecule has 1 aliphatic carbocycles. The van der Waals surface area contributed by atoms with E-state index >= 15 is 0 Å². The molecule has 1 aliphatic rings. The van der Waals surface area contributed by atoms with Crippen LogP contribution in [0.4, 0.5) is 10.2 Å². The lowest BCUT2D eigenvalue weighted by Gasteiger charge is -2.07. The van der Waals surface area contributed by atoms with Crippen molar-refractivity contribution in [2.24, 2.45) is 0 Å². The molecule has 0 bridgehead atoms. The summed E-state index contributed by atoms with van der Waals surface area (Å²) in [6.45, 7) is 0. The third-order valence-corrected chi connectivity index (χ3v) is 3.84. The van der Waals surface area contributed by atoms with E-state index in [-0.39, 0.29) is 5.82 Å². The van der Waals surface area contributed by atoms with Gasteiger partial charge in [0.15, 0.2) is 0 Å². The number of benzene rings is 1. The highest BCUT2D eigenvalue weighted by Gasteiger charge is 2.27. The Morgan fingerprint density at radius 3 is 2.79 bits per heavy atom. The molecule has 1 saturated carbocycles. The van der Waals surface area contributed by atoms with E-state index < -0.39 is 0 Å². The van der Waals surface area contributed by atoms with E-state index in [0.717, 1.165) is 34.4 Å². The molecule has 0 radical (unpaired) electrons. The Bertz CT molecular complexity index is 599. The topological polar surface area (TPSA) is 37.8 Å². The molecule has 1 N–H and O–H groups in total. The standard InChI is InChI=1S/C14H14FN3S/c1-16-12-8-13(18-14(17-12)9-5-6-9)19-11-4-2-3-10(15)7-11/h2-4,7-9H,5-6H2,1H3,(H,16,17,18). The number of anilines is 1. The lowest BCUT2D eigenvalue weighted by atomic mass is 10.3. The van der Waals surface area contributed by atoms with Gasteiger partial charge in [0.25, 0.3) is 0 Å². The van der Waals surface area contributed by atoms with E-state index in [4.69, 9.17) is 0 Å². The van der Waals surface area contributed by atoms with Crippen molar-refractivity contribution in [2.45, 2.75) is 28.7 Å². The third-order valence-electron chi connectivity index (χ3n) is 2.94. The molecule has 0 aliphatic heterocycles. The zero-order chi connectivity index (χ0) is 13.2. The van der Waals surface area contributed by atoms with Gasteiger partial charge in [-0.05, 0) is 31.0 Å². The number of rotatable bonds is 4. The summed E-state index contributed by atoms with van der Waals surface area (Å²) >= 11 is 1.46. The Hall–Kier alpha value is -1.62. The molecule has 1 aromatic carbocycles. The molecule has 0 amide bonds. The van der Waals surface area contributed by atoms with Crippen molar-refractivity contribution in [3.63, 3.8) is 0 Å². The van der Waals surface area contributed by atoms with Gasteiger partial charge >= 0.3 is 0 Å². The average Bonchev–Trinajstić information content (AvgIpc) is 3.22. The molecule has 3 nitrogen and oxygen atoms in total. The van der Waals surface area contributed by atoms with E-state index in [2.05, 4.69) is 15.3 Å². The first-order valence-electron chi connectivity index (χ1n) is 6.25. The molecule has 2 aromatic rings. The molecule has 98 valence electrons. The minimum Gasteiger partial charge on any atom is -0.373 e. The van der Waals surface area contributed by atoms with E-state index in [1.54, 1.807) is 6.07 Å². The highest BCUT2D eigenvalue weighted by molar-refractivity contribution is 7.99. The van der Waals surface area contributed by atoms with Gasteiger partial charge in [-0.15, -0.1) is 0 Å². The molecule has 1 heterocycles. The van der Waals surface area contributed by atoms with Gasteiger partial charge in [0.2, 0.25) is 0 Å². The van der Waals surface area contributed by atoms with E-state index in [1.165, 1.54) is 23.9 Å². The number of nitrogens with one attached hydrogen (secondary N) is 1. The zero-order valence-electron chi connectivity index (χ0n) is 10.6. The van der Waals surface area contributed by atoms with Crippen molar-refractivity contribution in [3.8, 4) is 0 Å². The summed E-state index contributed by atoms with van der Waals surface area (Å²) in [5, 5.41) is 3.90.